The second-order valence-electron chi connectivity index (χ2n) is 5.53. The summed E-state index contributed by atoms with van der Waals surface area (Å²) < 4.78 is 0. The molecule has 2 atom stereocenters. The molecule has 0 spiro atoms. The fraction of sp³-hybridized carbons (Fsp3) is 0.846. The Morgan fingerprint density at radius 1 is 1.28 bits per heavy atom. The molecule has 5 heteroatoms. The van der Waals surface area contributed by atoms with Gasteiger partial charge in [0.05, 0.1) is 6.04 Å². The van der Waals surface area contributed by atoms with E-state index in [-0.39, 0.29) is 11.9 Å². The van der Waals surface area contributed by atoms with Gasteiger partial charge in [-0.05, 0) is 45.6 Å². The second-order valence-corrected chi connectivity index (χ2v) is 5.53. The van der Waals surface area contributed by atoms with E-state index in [1.165, 1.54) is 0 Å². The van der Waals surface area contributed by atoms with Crippen molar-refractivity contribution < 1.29 is 14.7 Å². The fourth-order valence-electron chi connectivity index (χ4n) is 2.95. The minimum atomic E-state index is -1.02. The Kier molecular flexibility index (Phi) is 3.90. The number of amides is 1. The van der Waals surface area contributed by atoms with Crippen LogP contribution in [0.2, 0.25) is 0 Å². The van der Waals surface area contributed by atoms with Crippen molar-refractivity contribution in [3.8, 4) is 0 Å². The Morgan fingerprint density at radius 2 is 2.06 bits per heavy atom. The Balaban J connectivity index is 2.13. The number of hydrogen-bond donors (Lipinski definition) is 2. The van der Waals surface area contributed by atoms with Crippen molar-refractivity contribution in [2.45, 2.75) is 57.0 Å². The molecule has 0 aliphatic carbocycles. The van der Waals surface area contributed by atoms with Crippen LogP contribution in [0.1, 0.15) is 45.4 Å². The van der Waals surface area contributed by atoms with E-state index in [2.05, 4.69) is 5.32 Å². The molecule has 2 heterocycles. The minimum Gasteiger partial charge on any atom is -0.480 e. The third kappa shape index (κ3) is 2.36. The molecule has 2 aliphatic heterocycles. The maximum absolute atomic E-state index is 12.5. The van der Waals surface area contributed by atoms with Crippen molar-refractivity contribution in [1.82, 2.24) is 10.2 Å². The average molecular weight is 254 g/mol. The molecule has 18 heavy (non-hydrogen) atoms. The van der Waals surface area contributed by atoms with Crippen LogP contribution in [-0.4, -0.2) is 46.6 Å². The quantitative estimate of drug-likeness (QED) is 0.771. The van der Waals surface area contributed by atoms with Gasteiger partial charge in [-0.3, -0.25) is 4.79 Å². The molecule has 2 N–H and O–H groups in total. The zero-order valence-electron chi connectivity index (χ0n) is 10.9. The van der Waals surface area contributed by atoms with E-state index in [4.69, 9.17) is 0 Å². The molecule has 2 rings (SSSR count). The monoisotopic (exact) mass is 254 g/mol. The van der Waals surface area contributed by atoms with Gasteiger partial charge in [0.15, 0.2) is 0 Å². The number of carbonyl (C=O) groups excluding carboxylic acids is 1. The van der Waals surface area contributed by atoms with Crippen molar-refractivity contribution in [3.63, 3.8) is 0 Å². The maximum atomic E-state index is 12.5. The molecule has 0 aromatic rings. The van der Waals surface area contributed by atoms with Gasteiger partial charge in [-0.2, -0.15) is 0 Å². The van der Waals surface area contributed by atoms with Crippen molar-refractivity contribution in [2.24, 2.45) is 0 Å². The van der Waals surface area contributed by atoms with E-state index in [9.17, 15) is 14.7 Å². The van der Waals surface area contributed by atoms with Gasteiger partial charge >= 0.3 is 5.97 Å². The first kappa shape index (κ1) is 13.3. The van der Waals surface area contributed by atoms with E-state index in [0.29, 0.717) is 13.0 Å². The average Bonchev–Trinajstić information content (AvgIpc) is 2.39. The summed E-state index contributed by atoms with van der Waals surface area (Å²) in [5.41, 5.74) is -1.02. The van der Waals surface area contributed by atoms with Gasteiger partial charge < -0.3 is 15.3 Å². The van der Waals surface area contributed by atoms with Crippen LogP contribution >= 0.6 is 0 Å². The number of likely N-dealkylation sites (tertiary alicyclic amines) is 1. The van der Waals surface area contributed by atoms with Crippen LogP contribution in [0.25, 0.3) is 0 Å². The third-order valence-corrected chi connectivity index (χ3v) is 4.23. The normalized spacial score (nSPS) is 33.2. The molecule has 2 aliphatic rings. The highest BCUT2D eigenvalue weighted by Crippen LogP contribution is 2.29. The number of nitrogens with zero attached hydrogens (tertiary/aromatic N) is 1. The number of carbonyl (C=O) groups is 2. The Hall–Kier alpha value is -1.10. The Bertz CT molecular complexity index is 339. The van der Waals surface area contributed by atoms with Gasteiger partial charge in [0, 0.05) is 6.54 Å². The summed E-state index contributed by atoms with van der Waals surface area (Å²) in [4.78, 5) is 25.5. The van der Waals surface area contributed by atoms with E-state index in [0.717, 1.165) is 38.6 Å². The Labute approximate surface area is 108 Å². The van der Waals surface area contributed by atoms with E-state index in [1.807, 2.05) is 0 Å². The molecule has 2 saturated heterocycles. The molecule has 1 amide bonds. The number of nitrogens with one attached hydrogen (secondary N) is 1. The lowest BCUT2D eigenvalue weighted by molar-refractivity contribution is -0.162. The minimum absolute atomic E-state index is 0.0284. The number of hydrogen-bond acceptors (Lipinski definition) is 3. The van der Waals surface area contributed by atoms with Gasteiger partial charge in [-0.25, -0.2) is 4.79 Å². The van der Waals surface area contributed by atoms with Crippen LogP contribution in [0.3, 0.4) is 0 Å². The van der Waals surface area contributed by atoms with Crippen LogP contribution in [-0.2, 0) is 9.59 Å². The zero-order chi connectivity index (χ0) is 13.2. The van der Waals surface area contributed by atoms with Crippen LogP contribution < -0.4 is 5.32 Å². The number of piperidine rings is 2. The number of rotatable bonds is 2. The molecular formula is C13H22N2O3. The molecule has 0 aromatic carbocycles. The first-order valence-electron chi connectivity index (χ1n) is 6.84. The van der Waals surface area contributed by atoms with E-state index in [1.54, 1.807) is 11.8 Å². The smallest absolute Gasteiger partial charge is 0.329 e. The van der Waals surface area contributed by atoms with Crippen molar-refractivity contribution in [2.75, 3.05) is 13.1 Å². The van der Waals surface area contributed by atoms with Crippen LogP contribution in [0, 0.1) is 0 Å². The first-order chi connectivity index (χ1) is 8.55. The lowest BCUT2D eigenvalue weighted by Gasteiger charge is -2.43. The second kappa shape index (κ2) is 5.26. The van der Waals surface area contributed by atoms with Gasteiger partial charge in [0.25, 0.3) is 0 Å². The van der Waals surface area contributed by atoms with Gasteiger partial charge in [-0.1, -0.05) is 6.42 Å². The first-order valence-corrected chi connectivity index (χ1v) is 6.84. The zero-order valence-corrected chi connectivity index (χ0v) is 10.9. The van der Waals surface area contributed by atoms with Crippen molar-refractivity contribution >= 4 is 11.9 Å². The highest BCUT2D eigenvalue weighted by Gasteiger charge is 2.45. The Morgan fingerprint density at radius 3 is 2.67 bits per heavy atom. The topological polar surface area (TPSA) is 69.6 Å². The summed E-state index contributed by atoms with van der Waals surface area (Å²) in [5, 5.41) is 12.6. The molecular weight excluding hydrogens is 232 g/mol. The van der Waals surface area contributed by atoms with Crippen molar-refractivity contribution in [1.29, 1.82) is 0 Å². The summed E-state index contributed by atoms with van der Waals surface area (Å²) >= 11 is 0. The summed E-state index contributed by atoms with van der Waals surface area (Å²) in [6.07, 6.45) is 5.30. The molecule has 0 saturated carbocycles. The van der Waals surface area contributed by atoms with E-state index < -0.39 is 11.5 Å². The molecule has 1 unspecified atom stereocenters. The highest BCUT2D eigenvalue weighted by atomic mass is 16.4. The molecule has 2 fully saturated rings. The highest BCUT2D eigenvalue weighted by molar-refractivity contribution is 5.89. The third-order valence-electron chi connectivity index (χ3n) is 4.23. The van der Waals surface area contributed by atoms with Gasteiger partial charge in [-0.15, -0.1) is 0 Å². The largest absolute Gasteiger partial charge is 0.480 e. The summed E-state index contributed by atoms with van der Waals surface area (Å²) in [7, 11) is 0. The molecule has 0 radical (unpaired) electrons. The predicted octanol–water partition coefficient (Wildman–Crippen LogP) is 0.984. The van der Waals surface area contributed by atoms with Crippen LogP contribution in [0.5, 0.6) is 0 Å². The maximum Gasteiger partial charge on any atom is 0.329 e. The van der Waals surface area contributed by atoms with E-state index >= 15 is 0 Å². The van der Waals surface area contributed by atoms with Crippen LogP contribution in [0.15, 0.2) is 0 Å². The molecule has 5 nitrogen and oxygen atoms in total. The van der Waals surface area contributed by atoms with Crippen molar-refractivity contribution in [3.05, 3.63) is 0 Å². The molecule has 0 aromatic heterocycles. The standard InChI is InChI=1S/C13H22N2O3/c1-13(12(17)18)7-3-5-9-15(13)11(16)10-6-2-4-8-14-10/h10,14H,2-9H2,1H3,(H,17,18)/t10-,13?/m0/s1. The summed E-state index contributed by atoms with van der Waals surface area (Å²) in [6.45, 7) is 3.10. The SMILES string of the molecule is CC1(C(=O)O)CCCCN1C(=O)[C@@H]1CCCCN1. The number of carboxylic acid groups (broad SMARTS) is 1. The number of carboxylic acids is 1. The predicted molar refractivity (Wildman–Crippen MR) is 67.2 cm³/mol. The lowest BCUT2D eigenvalue weighted by atomic mass is 9.87. The van der Waals surface area contributed by atoms with Gasteiger partial charge in [0.2, 0.25) is 5.91 Å². The lowest BCUT2D eigenvalue weighted by Crippen LogP contribution is -2.61. The van der Waals surface area contributed by atoms with Crippen LogP contribution in [0.4, 0.5) is 0 Å². The van der Waals surface area contributed by atoms with Gasteiger partial charge in [0.1, 0.15) is 5.54 Å². The molecule has 0 bridgehead atoms. The summed E-state index contributed by atoms with van der Waals surface area (Å²) in [6, 6.07) is -0.185. The fourth-order valence-corrected chi connectivity index (χ4v) is 2.95. The molecule has 102 valence electrons. The number of aliphatic carboxylic acids is 1. The summed E-state index contributed by atoms with van der Waals surface area (Å²) in [5.74, 6) is -0.911.